The summed E-state index contributed by atoms with van der Waals surface area (Å²) in [5.41, 5.74) is -1.93. The van der Waals surface area contributed by atoms with Crippen LogP contribution in [0.2, 0.25) is 0 Å². The first-order valence-corrected chi connectivity index (χ1v) is 5.35. The Hall–Kier alpha value is -2.45. The van der Waals surface area contributed by atoms with E-state index in [4.69, 9.17) is 5.11 Å². The van der Waals surface area contributed by atoms with E-state index in [-0.39, 0.29) is 12.2 Å². The molecule has 1 heterocycles. The van der Waals surface area contributed by atoms with Crippen molar-refractivity contribution in [3.8, 4) is 0 Å². The molecule has 0 fully saturated rings. The molecule has 0 aliphatic carbocycles. The van der Waals surface area contributed by atoms with E-state index < -0.39 is 27.9 Å². The number of aliphatic carboxylic acids is 1. The van der Waals surface area contributed by atoms with Gasteiger partial charge in [0.15, 0.2) is 0 Å². The van der Waals surface area contributed by atoms with E-state index in [9.17, 15) is 19.7 Å². The molecule has 0 atom stereocenters. The summed E-state index contributed by atoms with van der Waals surface area (Å²) in [7, 11) is 1.45. The Morgan fingerprint density at radius 3 is 2.63 bits per heavy atom. The summed E-state index contributed by atoms with van der Waals surface area (Å²) in [5.74, 6) is -1.86. The largest absolute Gasteiger partial charge is 0.481 e. The predicted octanol–water partition coefficient (Wildman–Crippen LogP) is 0.169. The SMILES string of the molecule is Cn1cc([N+](=O)[O-])c(C(=O)NCC(C)(C)C(=O)O)n1. The second-order valence-corrected chi connectivity index (χ2v) is 4.67. The molecule has 0 spiro atoms. The Bertz CT molecular complexity index is 534. The number of nitrogens with zero attached hydrogens (tertiary/aromatic N) is 3. The van der Waals surface area contributed by atoms with Crippen molar-refractivity contribution in [2.45, 2.75) is 13.8 Å². The van der Waals surface area contributed by atoms with Crippen LogP contribution in [0.1, 0.15) is 24.3 Å². The van der Waals surface area contributed by atoms with Gasteiger partial charge in [-0.05, 0) is 13.8 Å². The highest BCUT2D eigenvalue weighted by Crippen LogP contribution is 2.17. The lowest BCUT2D eigenvalue weighted by Gasteiger charge is -2.18. The number of carboxylic acid groups (broad SMARTS) is 1. The van der Waals surface area contributed by atoms with Crippen LogP contribution in [-0.2, 0) is 11.8 Å². The molecule has 1 aromatic rings. The number of aromatic nitrogens is 2. The second-order valence-electron chi connectivity index (χ2n) is 4.67. The van der Waals surface area contributed by atoms with E-state index in [1.165, 1.54) is 20.9 Å². The Balaban J connectivity index is 2.85. The number of nitrogens with one attached hydrogen (secondary N) is 1. The second kappa shape index (κ2) is 5.04. The van der Waals surface area contributed by atoms with Gasteiger partial charge in [-0.15, -0.1) is 0 Å². The van der Waals surface area contributed by atoms with Crippen molar-refractivity contribution < 1.29 is 19.6 Å². The zero-order chi connectivity index (χ0) is 14.8. The van der Waals surface area contributed by atoms with Gasteiger partial charge in [0.25, 0.3) is 5.91 Å². The number of rotatable bonds is 5. The Labute approximate surface area is 108 Å². The molecular formula is C10H14N4O5. The summed E-state index contributed by atoms with van der Waals surface area (Å²) in [6, 6.07) is 0. The third-order valence-corrected chi connectivity index (χ3v) is 2.49. The summed E-state index contributed by atoms with van der Waals surface area (Å²) in [4.78, 5) is 32.6. The van der Waals surface area contributed by atoms with Gasteiger partial charge < -0.3 is 10.4 Å². The molecule has 0 radical (unpaired) electrons. The highest BCUT2D eigenvalue weighted by atomic mass is 16.6. The van der Waals surface area contributed by atoms with Crippen LogP contribution in [0.25, 0.3) is 0 Å². The molecule has 1 rings (SSSR count). The lowest BCUT2D eigenvalue weighted by atomic mass is 9.94. The van der Waals surface area contributed by atoms with Crippen molar-refractivity contribution in [2.75, 3.05) is 6.54 Å². The van der Waals surface area contributed by atoms with Crippen LogP contribution in [-0.4, -0.2) is 38.2 Å². The molecule has 0 aromatic carbocycles. The summed E-state index contributed by atoms with van der Waals surface area (Å²) < 4.78 is 1.15. The smallest absolute Gasteiger partial charge is 0.320 e. The fraction of sp³-hybridized carbons (Fsp3) is 0.500. The topological polar surface area (TPSA) is 127 Å². The number of hydrogen-bond donors (Lipinski definition) is 2. The van der Waals surface area contributed by atoms with Crippen LogP contribution >= 0.6 is 0 Å². The standard InChI is InChI=1S/C10H14N4O5/c1-10(2,9(16)17)5-11-8(15)7-6(14(18)19)4-13(3)12-7/h4H,5H2,1-3H3,(H,11,15)(H,16,17). The Morgan fingerprint density at radius 2 is 2.16 bits per heavy atom. The van der Waals surface area contributed by atoms with Crippen molar-refractivity contribution in [3.05, 3.63) is 22.0 Å². The summed E-state index contributed by atoms with van der Waals surface area (Å²) in [6.45, 7) is 2.71. The van der Waals surface area contributed by atoms with Gasteiger partial charge in [0.05, 0.1) is 10.3 Å². The number of amides is 1. The molecule has 0 unspecified atom stereocenters. The third-order valence-electron chi connectivity index (χ3n) is 2.49. The van der Waals surface area contributed by atoms with Crippen LogP contribution in [0, 0.1) is 15.5 Å². The predicted molar refractivity (Wildman–Crippen MR) is 63.6 cm³/mol. The molecule has 9 heteroatoms. The van der Waals surface area contributed by atoms with Gasteiger partial charge in [-0.2, -0.15) is 5.10 Å². The monoisotopic (exact) mass is 270 g/mol. The van der Waals surface area contributed by atoms with Crippen LogP contribution < -0.4 is 5.32 Å². The number of carbonyl (C=O) groups is 2. The molecule has 1 amide bonds. The molecular weight excluding hydrogens is 256 g/mol. The van der Waals surface area contributed by atoms with Gasteiger partial charge in [-0.25, -0.2) is 0 Å². The number of aryl methyl sites for hydroxylation is 1. The number of nitro groups is 1. The first-order chi connectivity index (χ1) is 8.65. The summed E-state index contributed by atoms with van der Waals surface area (Å²) >= 11 is 0. The third kappa shape index (κ3) is 3.27. The Morgan fingerprint density at radius 1 is 1.58 bits per heavy atom. The van der Waals surface area contributed by atoms with Gasteiger partial charge in [0.1, 0.15) is 6.20 Å². The van der Waals surface area contributed by atoms with Crippen molar-refractivity contribution >= 4 is 17.6 Å². The van der Waals surface area contributed by atoms with Crippen molar-refractivity contribution in [1.82, 2.24) is 15.1 Å². The van der Waals surface area contributed by atoms with Gasteiger partial charge in [-0.3, -0.25) is 24.4 Å². The number of hydrogen-bond acceptors (Lipinski definition) is 5. The zero-order valence-corrected chi connectivity index (χ0v) is 10.7. The van der Waals surface area contributed by atoms with Gasteiger partial charge in [-0.1, -0.05) is 0 Å². The van der Waals surface area contributed by atoms with Crippen LogP contribution in [0.3, 0.4) is 0 Å². The van der Waals surface area contributed by atoms with Crippen LogP contribution in [0.5, 0.6) is 0 Å². The highest BCUT2D eigenvalue weighted by Gasteiger charge is 2.30. The molecule has 1 aromatic heterocycles. The number of carboxylic acids is 1. The normalized spacial score (nSPS) is 11.1. The van der Waals surface area contributed by atoms with Crippen molar-refractivity contribution in [1.29, 1.82) is 0 Å². The lowest BCUT2D eigenvalue weighted by Crippen LogP contribution is -2.39. The minimum absolute atomic E-state index is 0.158. The van der Waals surface area contributed by atoms with E-state index in [1.54, 1.807) is 0 Å². The van der Waals surface area contributed by atoms with E-state index in [0.717, 1.165) is 10.9 Å². The van der Waals surface area contributed by atoms with Crippen molar-refractivity contribution in [3.63, 3.8) is 0 Å². The van der Waals surface area contributed by atoms with Crippen LogP contribution in [0.4, 0.5) is 5.69 Å². The van der Waals surface area contributed by atoms with Gasteiger partial charge in [0, 0.05) is 13.6 Å². The first-order valence-electron chi connectivity index (χ1n) is 5.35. The van der Waals surface area contributed by atoms with Gasteiger partial charge in [0.2, 0.25) is 5.69 Å². The molecule has 2 N–H and O–H groups in total. The number of carbonyl (C=O) groups excluding carboxylic acids is 1. The molecule has 0 bridgehead atoms. The average Bonchev–Trinajstić information content (AvgIpc) is 2.68. The van der Waals surface area contributed by atoms with E-state index >= 15 is 0 Å². The summed E-state index contributed by atoms with van der Waals surface area (Å²) in [5, 5.41) is 25.6. The maximum Gasteiger partial charge on any atom is 0.320 e. The van der Waals surface area contributed by atoms with E-state index in [2.05, 4.69) is 10.4 Å². The first kappa shape index (κ1) is 14.6. The van der Waals surface area contributed by atoms with E-state index in [1.807, 2.05) is 0 Å². The molecule has 9 nitrogen and oxygen atoms in total. The molecule has 0 saturated carbocycles. The van der Waals surface area contributed by atoms with E-state index in [0.29, 0.717) is 0 Å². The molecule has 104 valence electrons. The van der Waals surface area contributed by atoms with Crippen LogP contribution in [0.15, 0.2) is 6.20 Å². The minimum Gasteiger partial charge on any atom is -0.481 e. The molecule has 0 aliphatic heterocycles. The van der Waals surface area contributed by atoms with Gasteiger partial charge >= 0.3 is 11.7 Å². The molecule has 0 saturated heterocycles. The quantitative estimate of drug-likeness (QED) is 0.579. The average molecular weight is 270 g/mol. The fourth-order valence-corrected chi connectivity index (χ4v) is 1.23. The molecule has 0 aliphatic rings. The molecule has 19 heavy (non-hydrogen) atoms. The highest BCUT2D eigenvalue weighted by molar-refractivity contribution is 5.96. The Kier molecular flexibility index (Phi) is 3.88. The zero-order valence-electron chi connectivity index (χ0n) is 10.7. The minimum atomic E-state index is -1.17. The fourth-order valence-electron chi connectivity index (χ4n) is 1.23. The maximum atomic E-state index is 11.8. The van der Waals surface area contributed by atoms with Crippen molar-refractivity contribution in [2.24, 2.45) is 12.5 Å². The maximum absolute atomic E-state index is 11.8. The summed E-state index contributed by atoms with van der Waals surface area (Å²) in [6.07, 6.45) is 1.11. The lowest BCUT2D eigenvalue weighted by molar-refractivity contribution is -0.385.